The summed E-state index contributed by atoms with van der Waals surface area (Å²) in [6, 6.07) is 20.9. The lowest BCUT2D eigenvalue weighted by Crippen LogP contribution is -2.32. The van der Waals surface area contributed by atoms with E-state index in [1.165, 1.54) is 11.1 Å². The summed E-state index contributed by atoms with van der Waals surface area (Å²) in [5.74, 6) is 2.20. The largest absolute Gasteiger partial charge is 0.497 e. The molecule has 1 atom stereocenters. The maximum atomic E-state index is 6.17. The van der Waals surface area contributed by atoms with Gasteiger partial charge in [-0.15, -0.1) is 0 Å². The molecule has 176 valence electrons. The fraction of sp³-hybridized carbons (Fsp3) is 0.357. The van der Waals surface area contributed by atoms with Crippen LogP contribution >= 0.6 is 0 Å². The number of aromatic nitrogens is 2. The number of rotatable bonds is 8. The molecule has 0 amide bonds. The van der Waals surface area contributed by atoms with Crippen LogP contribution in [0.5, 0.6) is 11.6 Å². The Bertz CT molecular complexity index is 1120. The smallest absolute Gasteiger partial charge is 0.229 e. The summed E-state index contributed by atoms with van der Waals surface area (Å²) in [5.41, 5.74) is 4.54. The van der Waals surface area contributed by atoms with E-state index in [0.29, 0.717) is 31.7 Å². The summed E-state index contributed by atoms with van der Waals surface area (Å²) in [7, 11) is 1.67. The zero-order valence-corrected chi connectivity index (χ0v) is 19.7. The lowest BCUT2D eigenvalue weighted by molar-refractivity contribution is 0.161. The molecule has 5 rings (SSSR count). The second-order valence-electron chi connectivity index (χ2n) is 8.76. The lowest BCUT2D eigenvalue weighted by Gasteiger charge is -2.26. The Morgan fingerprint density at radius 1 is 1.03 bits per heavy atom. The molecule has 3 heterocycles. The molecule has 0 aliphatic carbocycles. The van der Waals surface area contributed by atoms with Crippen LogP contribution in [0.3, 0.4) is 0 Å². The summed E-state index contributed by atoms with van der Waals surface area (Å²) < 4.78 is 16.9. The van der Waals surface area contributed by atoms with Crippen LogP contribution < -0.4 is 14.4 Å². The van der Waals surface area contributed by atoms with E-state index in [1.807, 2.05) is 30.3 Å². The first-order valence-electron chi connectivity index (χ1n) is 12.0. The average Bonchev–Trinajstić information content (AvgIpc) is 3.37. The fourth-order valence-corrected chi connectivity index (χ4v) is 4.62. The van der Waals surface area contributed by atoms with E-state index >= 15 is 0 Å². The molecule has 1 fully saturated rings. The van der Waals surface area contributed by atoms with Gasteiger partial charge in [-0.3, -0.25) is 0 Å². The van der Waals surface area contributed by atoms with Gasteiger partial charge in [-0.1, -0.05) is 48.5 Å². The van der Waals surface area contributed by atoms with E-state index in [2.05, 4.69) is 41.3 Å². The van der Waals surface area contributed by atoms with E-state index in [-0.39, 0.29) is 0 Å². The molecule has 3 aromatic rings. The van der Waals surface area contributed by atoms with E-state index in [9.17, 15) is 0 Å². The Kier molecular flexibility index (Phi) is 7.05. The predicted octanol–water partition coefficient (Wildman–Crippen LogP) is 5.08. The molecule has 6 nitrogen and oxygen atoms in total. The number of methoxy groups -OCH3 is 1. The van der Waals surface area contributed by atoms with Crippen molar-refractivity contribution in [3.05, 3.63) is 83.6 Å². The third kappa shape index (κ3) is 5.39. The molecule has 0 spiro atoms. The summed E-state index contributed by atoms with van der Waals surface area (Å²) >= 11 is 0. The number of hydrogen-bond acceptors (Lipinski definition) is 6. The maximum Gasteiger partial charge on any atom is 0.229 e. The highest BCUT2D eigenvalue weighted by Gasteiger charge is 2.28. The Labute approximate surface area is 201 Å². The highest BCUT2D eigenvalue weighted by molar-refractivity contribution is 5.65. The molecule has 0 saturated carbocycles. The van der Waals surface area contributed by atoms with Crippen molar-refractivity contribution in [1.82, 2.24) is 9.97 Å². The first-order chi connectivity index (χ1) is 16.8. The SMILES string of the molecule is COc1ccc(COc2cc(C3=CCOCC3)nc(N3CCCC3Cc3ccccc3)n2)cc1. The van der Waals surface area contributed by atoms with Crippen molar-refractivity contribution in [2.75, 3.05) is 31.8 Å². The van der Waals surface area contributed by atoms with Crippen molar-refractivity contribution in [3.8, 4) is 11.6 Å². The lowest BCUT2D eigenvalue weighted by atomic mass is 10.0. The monoisotopic (exact) mass is 457 g/mol. The summed E-state index contributed by atoms with van der Waals surface area (Å²) in [5, 5.41) is 0. The van der Waals surface area contributed by atoms with Gasteiger partial charge in [0.2, 0.25) is 11.8 Å². The fourth-order valence-electron chi connectivity index (χ4n) is 4.62. The van der Waals surface area contributed by atoms with Crippen molar-refractivity contribution in [1.29, 1.82) is 0 Å². The molecular weight excluding hydrogens is 426 g/mol. The molecule has 6 heteroatoms. The predicted molar refractivity (Wildman–Crippen MR) is 133 cm³/mol. The average molecular weight is 458 g/mol. The Hall–Kier alpha value is -3.38. The van der Waals surface area contributed by atoms with E-state index in [4.69, 9.17) is 24.2 Å². The third-order valence-electron chi connectivity index (χ3n) is 6.48. The van der Waals surface area contributed by atoms with Crippen LogP contribution in [0, 0.1) is 0 Å². The zero-order valence-electron chi connectivity index (χ0n) is 19.7. The van der Waals surface area contributed by atoms with E-state index < -0.39 is 0 Å². The van der Waals surface area contributed by atoms with E-state index in [0.717, 1.165) is 55.2 Å². The molecule has 1 unspecified atom stereocenters. The summed E-state index contributed by atoms with van der Waals surface area (Å²) in [6.07, 6.45) is 6.24. The summed E-state index contributed by atoms with van der Waals surface area (Å²) in [4.78, 5) is 12.2. The number of anilines is 1. The van der Waals surface area contributed by atoms with Gasteiger partial charge in [-0.05, 0) is 54.5 Å². The molecule has 0 bridgehead atoms. The van der Waals surface area contributed by atoms with Crippen LogP contribution in [0.15, 0.2) is 66.7 Å². The molecule has 2 aliphatic rings. The van der Waals surface area contributed by atoms with E-state index in [1.54, 1.807) is 7.11 Å². The topological polar surface area (TPSA) is 56.7 Å². The van der Waals surface area contributed by atoms with Crippen LogP contribution in [0.4, 0.5) is 5.95 Å². The molecule has 1 aromatic heterocycles. The summed E-state index contributed by atoms with van der Waals surface area (Å²) in [6.45, 7) is 2.74. The van der Waals surface area contributed by atoms with Gasteiger partial charge in [0, 0.05) is 18.7 Å². The highest BCUT2D eigenvalue weighted by Crippen LogP contribution is 2.30. The van der Waals surface area contributed by atoms with Crippen molar-refractivity contribution in [2.45, 2.75) is 38.3 Å². The molecule has 2 aromatic carbocycles. The second-order valence-corrected chi connectivity index (χ2v) is 8.76. The Morgan fingerprint density at radius 3 is 2.65 bits per heavy atom. The van der Waals surface area contributed by atoms with Gasteiger partial charge in [0.05, 0.1) is 26.0 Å². The second kappa shape index (κ2) is 10.7. The zero-order chi connectivity index (χ0) is 23.2. The van der Waals surface area contributed by atoms with Gasteiger partial charge in [0.15, 0.2) is 0 Å². The minimum Gasteiger partial charge on any atom is -0.497 e. The molecule has 34 heavy (non-hydrogen) atoms. The van der Waals surface area contributed by atoms with Crippen molar-refractivity contribution < 1.29 is 14.2 Å². The number of hydrogen-bond donors (Lipinski definition) is 0. The van der Waals surface area contributed by atoms with Crippen LogP contribution in [-0.2, 0) is 17.8 Å². The first-order valence-corrected chi connectivity index (χ1v) is 12.0. The van der Waals surface area contributed by atoms with Crippen LogP contribution in [-0.4, -0.2) is 42.9 Å². The number of benzene rings is 2. The third-order valence-corrected chi connectivity index (χ3v) is 6.48. The minimum absolute atomic E-state index is 0.385. The number of ether oxygens (including phenoxy) is 3. The van der Waals surface area contributed by atoms with Gasteiger partial charge in [-0.25, -0.2) is 4.98 Å². The first kappa shape index (κ1) is 22.4. The van der Waals surface area contributed by atoms with Crippen LogP contribution in [0.25, 0.3) is 5.57 Å². The molecular formula is C28H31N3O3. The van der Waals surface area contributed by atoms with Gasteiger partial charge < -0.3 is 19.1 Å². The molecule has 2 aliphatic heterocycles. The van der Waals surface area contributed by atoms with Crippen LogP contribution in [0.1, 0.15) is 36.1 Å². The van der Waals surface area contributed by atoms with Crippen molar-refractivity contribution in [2.24, 2.45) is 0 Å². The minimum atomic E-state index is 0.385. The Morgan fingerprint density at radius 2 is 1.88 bits per heavy atom. The van der Waals surface area contributed by atoms with Gasteiger partial charge in [-0.2, -0.15) is 4.98 Å². The van der Waals surface area contributed by atoms with Crippen LogP contribution in [0.2, 0.25) is 0 Å². The Balaban J connectivity index is 1.40. The van der Waals surface area contributed by atoms with Gasteiger partial charge in [0.25, 0.3) is 0 Å². The van der Waals surface area contributed by atoms with Gasteiger partial charge in [0.1, 0.15) is 12.4 Å². The molecule has 1 saturated heterocycles. The normalized spacial score (nSPS) is 18.0. The van der Waals surface area contributed by atoms with Crippen molar-refractivity contribution >= 4 is 11.5 Å². The van der Waals surface area contributed by atoms with Crippen molar-refractivity contribution in [3.63, 3.8) is 0 Å². The molecule has 0 radical (unpaired) electrons. The number of nitrogens with zero attached hydrogens (tertiary/aromatic N) is 3. The maximum absolute atomic E-state index is 6.17. The quantitative estimate of drug-likeness (QED) is 0.470. The standard InChI is InChI=1S/C28H31N3O3/c1-32-25-11-9-22(10-12-25)20-34-27-19-26(23-13-16-33-17-14-23)29-28(30-27)31-15-5-8-24(31)18-21-6-3-2-4-7-21/h2-4,6-7,9-13,19,24H,5,8,14-18,20H2,1H3. The van der Waals surface area contributed by atoms with Gasteiger partial charge >= 0.3 is 0 Å². The highest BCUT2D eigenvalue weighted by atomic mass is 16.5. The molecule has 0 N–H and O–H groups in total.